The van der Waals surface area contributed by atoms with Crippen LogP contribution in [0.25, 0.3) is 11.3 Å². The molecule has 132 valence electrons. The van der Waals surface area contributed by atoms with Gasteiger partial charge in [-0.15, -0.1) is 0 Å². The molecule has 0 unspecified atom stereocenters. The summed E-state index contributed by atoms with van der Waals surface area (Å²) in [5.41, 5.74) is 2.18. The summed E-state index contributed by atoms with van der Waals surface area (Å²) < 4.78 is 0. The Kier molecular flexibility index (Phi) is 5.14. The normalized spacial score (nSPS) is 19.0. The first kappa shape index (κ1) is 16.4. The van der Waals surface area contributed by atoms with Crippen LogP contribution in [0.4, 0.5) is 11.8 Å². The zero-order chi connectivity index (χ0) is 16.9. The first-order chi connectivity index (χ1) is 12.4. The highest BCUT2D eigenvalue weighted by Crippen LogP contribution is 2.27. The highest BCUT2D eigenvalue weighted by molar-refractivity contribution is 5.64. The van der Waals surface area contributed by atoms with E-state index in [1.165, 1.54) is 51.4 Å². The topological polar surface area (TPSA) is 41.1 Å². The first-order valence-corrected chi connectivity index (χ1v) is 9.84. The second-order valence-electron chi connectivity index (χ2n) is 7.33. The third-order valence-corrected chi connectivity index (χ3v) is 5.38. The van der Waals surface area contributed by atoms with Crippen LogP contribution in [0.3, 0.4) is 0 Å². The van der Waals surface area contributed by atoms with E-state index < -0.39 is 0 Å². The van der Waals surface area contributed by atoms with Gasteiger partial charge in [-0.2, -0.15) is 4.98 Å². The van der Waals surface area contributed by atoms with Crippen molar-refractivity contribution in [3.8, 4) is 11.3 Å². The van der Waals surface area contributed by atoms with Crippen LogP contribution >= 0.6 is 0 Å². The maximum Gasteiger partial charge on any atom is 0.227 e. The summed E-state index contributed by atoms with van der Waals surface area (Å²) in [6.07, 6.45) is 10.3. The van der Waals surface area contributed by atoms with Gasteiger partial charge in [-0.05, 0) is 32.1 Å². The van der Waals surface area contributed by atoms with Crippen LogP contribution in [0.5, 0.6) is 0 Å². The van der Waals surface area contributed by atoms with Crippen LogP contribution in [0.15, 0.2) is 36.4 Å². The SMILES string of the molecule is c1ccc(-c2cc(NC3CCCCC3)nc(N3CCCCC3)n2)cc1. The minimum Gasteiger partial charge on any atom is -0.367 e. The quantitative estimate of drug-likeness (QED) is 0.864. The Bertz CT molecular complexity index is 674. The Morgan fingerprint density at radius 3 is 2.32 bits per heavy atom. The number of benzene rings is 1. The van der Waals surface area contributed by atoms with E-state index in [0.717, 1.165) is 36.1 Å². The molecule has 4 rings (SSSR count). The maximum atomic E-state index is 4.90. The monoisotopic (exact) mass is 336 g/mol. The second kappa shape index (κ2) is 7.85. The molecule has 4 nitrogen and oxygen atoms in total. The average Bonchev–Trinajstić information content (AvgIpc) is 2.70. The molecule has 1 saturated carbocycles. The standard InChI is InChI=1S/C21H28N4/c1-4-10-17(11-5-1)19-16-20(22-18-12-6-2-7-13-18)24-21(23-19)25-14-8-3-9-15-25/h1,4-5,10-11,16,18H,2-3,6-9,12-15H2,(H,22,23,24). The molecule has 1 aromatic carbocycles. The molecule has 2 aromatic rings. The zero-order valence-electron chi connectivity index (χ0n) is 15.0. The number of aromatic nitrogens is 2. The van der Waals surface area contributed by atoms with E-state index in [-0.39, 0.29) is 0 Å². The Balaban J connectivity index is 1.64. The molecule has 1 aliphatic carbocycles. The fourth-order valence-electron chi connectivity index (χ4n) is 3.96. The number of nitrogens with one attached hydrogen (secondary N) is 1. The third-order valence-electron chi connectivity index (χ3n) is 5.38. The van der Waals surface area contributed by atoms with Gasteiger partial charge in [-0.3, -0.25) is 0 Å². The number of hydrogen-bond acceptors (Lipinski definition) is 4. The molecule has 0 radical (unpaired) electrons. The van der Waals surface area contributed by atoms with Crippen LogP contribution in [-0.4, -0.2) is 29.1 Å². The summed E-state index contributed by atoms with van der Waals surface area (Å²) in [5, 5.41) is 3.69. The smallest absolute Gasteiger partial charge is 0.227 e. The molecule has 2 aliphatic rings. The van der Waals surface area contributed by atoms with Crippen molar-refractivity contribution in [1.82, 2.24) is 9.97 Å². The molecule has 1 saturated heterocycles. The van der Waals surface area contributed by atoms with Crippen molar-refractivity contribution < 1.29 is 0 Å². The summed E-state index contributed by atoms with van der Waals surface area (Å²) in [4.78, 5) is 12.1. The molecular formula is C21H28N4. The summed E-state index contributed by atoms with van der Waals surface area (Å²) in [7, 11) is 0. The average molecular weight is 336 g/mol. The van der Waals surface area contributed by atoms with Crippen LogP contribution in [0.2, 0.25) is 0 Å². The lowest BCUT2D eigenvalue weighted by atomic mass is 9.95. The van der Waals surface area contributed by atoms with E-state index in [9.17, 15) is 0 Å². The summed E-state index contributed by atoms with van der Waals surface area (Å²) in [6.45, 7) is 2.14. The van der Waals surface area contributed by atoms with Crippen molar-refractivity contribution in [3.05, 3.63) is 36.4 Å². The number of anilines is 2. The van der Waals surface area contributed by atoms with E-state index in [0.29, 0.717) is 6.04 Å². The lowest BCUT2D eigenvalue weighted by molar-refractivity contribution is 0.461. The molecule has 1 N–H and O–H groups in total. The molecule has 0 amide bonds. The molecule has 2 fully saturated rings. The minimum atomic E-state index is 0.557. The van der Waals surface area contributed by atoms with Gasteiger partial charge in [-0.25, -0.2) is 4.98 Å². The third kappa shape index (κ3) is 4.12. The molecule has 4 heteroatoms. The Hall–Kier alpha value is -2.10. The van der Waals surface area contributed by atoms with Crippen molar-refractivity contribution in [1.29, 1.82) is 0 Å². The predicted molar refractivity (Wildman–Crippen MR) is 104 cm³/mol. The molecule has 0 atom stereocenters. The summed E-state index contributed by atoms with van der Waals surface area (Å²) in [6, 6.07) is 13.1. The summed E-state index contributed by atoms with van der Waals surface area (Å²) in [5.74, 6) is 1.88. The van der Waals surface area contributed by atoms with Gasteiger partial charge in [0.05, 0.1) is 5.69 Å². The van der Waals surface area contributed by atoms with Crippen molar-refractivity contribution in [2.75, 3.05) is 23.3 Å². The Morgan fingerprint density at radius 1 is 0.840 bits per heavy atom. The van der Waals surface area contributed by atoms with Gasteiger partial charge in [0, 0.05) is 30.8 Å². The van der Waals surface area contributed by atoms with Crippen LogP contribution in [0, 0.1) is 0 Å². The van der Waals surface area contributed by atoms with Crippen LogP contribution in [-0.2, 0) is 0 Å². The fourth-order valence-corrected chi connectivity index (χ4v) is 3.96. The summed E-state index contributed by atoms with van der Waals surface area (Å²) >= 11 is 0. The largest absolute Gasteiger partial charge is 0.367 e. The van der Waals surface area contributed by atoms with Gasteiger partial charge in [0.15, 0.2) is 0 Å². The van der Waals surface area contributed by atoms with E-state index in [1.54, 1.807) is 0 Å². The van der Waals surface area contributed by atoms with E-state index in [4.69, 9.17) is 9.97 Å². The van der Waals surface area contributed by atoms with Crippen molar-refractivity contribution in [3.63, 3.8) is 0 Å². The van der Waals surface area contributed by atoms with Crippen LogP contribution < -0.4 is 10.2 Å². The van der Waals surface area contributed by atoms with Gasteiger partial charge < -0.3 is 10.2 Å². The number of nitrogens with zero attached hydrogens (tertiary/aromatic N) is 3. The lowest BCUT2D eigenvalue weighted by Crippen LogP contribution is -2.31. The van der Waals surface area contributed by atoms with Gasteiger partial charge >= 0.3 is 0 Å². The van der Waals surface area contributed by atoms with E-state index >= 15 is 0 Å². The zero-order valence-corrected chi connectivity index (χ0v) is 15.0. The molecule has 1 aromatic heterocycles. The number of hydrogen-bond donors (Lipinski definition) is 1. The highest BCUT2D eigenvalue weighted by Gasteiger charge is 2.18. The van der Waals surface area contributed by atoms with Crippen molar-refractivity contribution in [2.45, 2.75) is 57.4 Å². The van der Waals surface area contributed by atoms with Crippen molar-refractivity contribution >= 4 is 11.8 Å². The predicted octanol–water partition coefficient (Wildman–Crippen LogP) is 4.88. The first-order valence-electron chi connectivity index (χ1n) is 9.84. The van der Waals surface area contributed by atoms with E-state index in [2.05, 4.69) is 46.6 Å². The molecule has 1 aliphatic heterocycles. The fraction of sp³-hybridized carbons (Fsp3) is 0.524. The van der Waals surface area contributed by atoms with Gasteiger partial charge in [0.1, 0.15) is 5.82 Å². The van der Waals surface area contributed by atoms with Gasteiger partial charge in [-0.1, -0.05) is 49.6 Å². The van der Waals surface area contributed by atoms with Crippen molar-refractivity contribution in [2.24, 2.45) is 0 Å². The minimum absolute atomic E-state index is 0.557. The highest BCUT2D eigenvalue weighted by atomic mass is 15.3. The maximum absolute atomic E-state index is 4.90. The molecular weight excluding hydrogens is 308 g/mol. The number of piperidine rings is 1. The Labute approximate surface area is 150 Å². The van der Waals surface area contributed by atoms with Crippen LogP contribution in [0.1, 0.15) is 51.4 Å². The number of rotatable bonds is 4. The molecule has 2 heterocycles. The lowest BCUT2D eigenvalue weighted by Gasteiger charge is -2.28. The van der Waals surface area contributed by atoms with Gasteiger partial charge in [0.2, 0.25) is 5.95 Å². The molecule has 0 spiro atoms. The second-order valence-corrected chi connectivity index (χ2v) is 7.33. The van der Waals surface area contributed by atoms with E-state index in [1.807, 2.05) is 0 Å². The van der Waals surface area contributed by atoms with Gasteiger partial charge in [0.25, 0.3) is 0 Å². The Morgan fingerprint density at radius 2 is 1.56 bits per heavy atom. The molecule has 25 heavy (non-hydrogen) atoms. The molecule has 0 bridgehead atoms.